The summed E-state index contributed by atoms with van der Waals surface area (Å²) in [6, 6.07) is 8.51. The number of hydrogen-bond acceptors (Lipinski definition) is 6. The molecule has 0 aliphatic carbocycles. The number of fused-ring (bicyclic) bond motifs is 1. The molecule has 0 atom stereocenters. The van der Waals surface area contributed by atoms with E-state index in [2.05, 4.69) is 25.5 Å². The fourth-order valence-corrected chi connectivity index (χ4v) is 4.78. The van der Waals surface area contributed by atoms with Gasteiger partial charge in [0.25, 0.3) is 0 Å². The Bertz CT molecular complexity index is 1490. The van der Waals surface area contributed by atoms with Crippen LogP contribution in [0.15, 0.2) is 42.6 Å². The Hall–Kier alpha value is -4.02. The summed E-state index contributed by atoms with van der Waals surface area (Å²) in [5.74, 6) is 0.359. The zero-order chi connectivity index (χ0) is 26.6. The molecule has 0 spiro atoms. The van der Waals surface area contributed by atoms with Crippen LogP contribution in [-0.2, 0) is 16.0 Å². The van der Waals surface area contributed by atoms with E-state index in [0.29, 0.717) is 68.1 Å². The number of aromatic amines is 2. The number of phenols is 1. The zero-order valence-electron chi connectivity index (χ0n) is 21.5. The summed E-state index contributed by atoms with van der Waals surface area (Å²) in [6.45, 7) is 4.97. The van der Waals surface area contributed by atoms with Gasteiger partial charge >= 0.3 is 0 Å². The molecule has 4 N–H and O–H groups in total. The van der Waals surface area contributed by atoms with Crippen molar-refractivity contribution in [2.75, 3.05) is 39.9 Å². The Morgan fingerprint density at radius 2 is 2.08 bits per heavy atom. The van der Waals surface area contributed by atoms with Crippen molar-refractivity contribution in [2.45, 2.75) is 19.8 Å². The van der Waals surface area contributed by atoms with Gasteiger partial charge in [0.2, 0.25) is 5.91 Å². The Morgan fingerprint density at radius 1 is 1.24 bits per heavy atom. The average Bonchev–Trinajstić information content (AvgIpc) is 3.68. The Balaban J connectivity index is 1.31. The molecule has 0 unspecified atom stereocenters. The number of imidazole rings is 1. The maximum absolute atomic E-state index is 15.6. The normalized spacial score (nSPS) is 13.4. The van der Waals surface area contributed by atoms with Crippen molar-refractivity contribution in [3.8, 4) is 28.4 Å². The molecule has 1 aliphatic rings. The maximum Gasteiger partial charge on any atom is 0.224 e. The number of methoxy groups -OCH3 is 1. The number of carbonyl (C=O) groups excluding carboxylic acids is 1. The van der Waals surface area contributed by atoms with Crippen LogP contribution in [0.4, 0.5) is 4.39 Å². The Labute approximate surface area is 219 Å². The van der Waals surface area contributed by atoms with Crippen molar-refractivity contribution in [3.63, 3.8) is 0 Å². The number of amides is 1. The van der Waals surface area contributed by atoms with Gasteiger partial charge in [-0.15, -0.1) is 0 Å². The predicted molar refractivity (Wildman–Crippen MR) is 144 cm³/mol. The summed E-state index contributed by atoms with van der Waals surface area (Å²) in [5.41, 5.74) is 4.63. The zero-order valence-corrected chi connectivity index (χ0v) is 21.5. The summed E-state index contributed by atoms with van der Waals surface area (Å²) >= 11 is 0. The molecule has 0 fully saturated rings. The highest BCUT2D eigenvalue weighted by atomic mass is 19.1. The van der Waals surface area contributed by atoms with Gasteiger partial charge in [-0.2, -0.15) is 5.10 Å². The molecule has 38 heavy (non-hydrogen) atoms. The molecule has 10 heteroatoms. The minimum atomic E-state index is -0.429. The monoisotopic (exact) mass is 518 g/mol. The molecule has 4 aromatic rings. The molecule has 0 saturated heterocycles. The minimum absolute atomic E-state index is 0.0895. The van der Waals surface area contributed by atoms with Crippen molar-refractivity contribution < 1.29 is 19.0 Å². The Morgan fingerprint density at radius 3 is 2.89 bits per heavy atom. The van der Waals surface area contributed by atoms with Crippen LogP contribution in [0.5, 0.6) is 5.75 Å². The van der Waals surface area contributed by atoms with E-state index in [-0.39, 0.29) is 17.2 Å². The first-order chi connectivity index (χ1) is 18.5. The number of phenolic OH excluding ortho intramolecular Hbond substituents is 1. The SMILES string of the molecule is CCc1cc(O)ccc1-c1ccc2c(-c3ncc(C4=CCN(C(=O)CCNCCOC)C4)[nH]3)[nH]nc2c1F. The lowest BCUT2D eigenvalue weighted by Gasteiger charge is -2.16. The summed E-state index contributed by atoms with van der Waals surface area (Å²) in [4.78, 5) is 22.2. The summed E-state index contributed by atoms with van der Waals surface area (Å²) in [7, 11) is 1.65. The summed E-state index contributed by atoms with van der Waals surface area (Å²) < 4.78 is 20.6. The smallest absolute Gasteiger partial charge is 0.224 e. The predicted octanol–water partition coefficient (Wildman–Crippen LogP) is 3.88. The number of rotatable bonds is 10. The molecule has 0 radical (unpaired) electrons. The van der Waals surface area contributed by atoms with Gasteiger partial charge < -0.3 is 25.0 Å². The van der Waals surface area contributed by atoms with E-state index in [0.717, 1.165) is 22.4 Å². The third kappa shape index (κ3) is 5.05. The second-order valence-corrected chi connectivity index (χ2v) is 9.26. The molecule has 0 saturated carbocycles. The highest BCUT2D eigenvalue weighted by Gasteiger charge is 2.23. The second-order valence-electron chi connectivity index (χ2n) is 9.26. The highest BCUT2D eigenvalue weighted by molar-refractivity contribution is 5.95. The molecule has 198 valence electrons. The first-order valence-corrected chi connectivity index (χ1v) is 12.7. The van der Waals surface area contributed by atoms with Crippen LogP contribution in [0, 0.1) is 5.82 Å². The number of aromatic hydroxyl groups is 1. The van der Waals surface area contributed by atoms with Crippen molar-refractivity contribution in [1.82, 2.24) is 30.4 Å². The largest absolute Gasteiger partial charge is 0.508 e. The third-order valence-corrected chi connectivity index (χ3v) is 6.85. The number of aromatic nitrogens is 4. The average molecular weight is 519 g/mol. The molecule has 3 heterocycles. The van der Waals surface area contributed by atoms with Crippen LogP contribution < -0.4 is 5.32 Å². The van der Waals surface area contributed by atoms with E-state index < -0.39 is 5.82 Å². The molecule has 2 aromatic carbocycles. The first-order valence-electron chi connectivity index (χ1n) is 12.7. The van der Waals surface area contributed by atoms with E-state index in [1.165, 1.54) is 0 Å². The lowest BCUT2D eigenvalue weighted by molar-refractivity contribution is -0.129. The fourth-order valence-electron chi connectivity index (χ4n) is 4.78. The van der Waals surface area contributed by atoms with Crippen molar-refractivity contribution in [2.24, 2.45) is 0 Å². The summed E-state index contributed by atoms with van der Waals surface area (Å²) in [6.07, 6.45) is 4.83. The number of aryl methyl sites for hydroxylation is 1. The fraction of sp³-hybridized carbons (Fsp3) is 0.321. The number of halogens is 1. The van der Waals surface area contributed by atoms with Gasteiger partial charge in [0.05, 0.1) is 18.5 Å². The number of H-pyrrole nitrogens is 2. The van der Waals surface area contributed by atoms with Gasteiger partial charge in [-0.3, -0.25) is 9.89 Å². The van der Waals surface area contributed by atoms with Gasteiger partial charge in [-0.05, 0) is 41.3 Å². The van der Waals surface area contributed by atoms with Crippen LogP contribution in [0.2, 0.25) is 0 Å². The minimum Gasteiger partial charge on any atom is -0.508 e. The maximum atomic E-state index is 15.6. The summed E-state index contributed by atoms with van der Waals surface area (Å²) in [5, 5.41) is 20.8. The number of ether oxygens (including phenoxy) is 1. The van der Waals surface area contributed by atoms with Gasteiger partial charge in [-0.25, -0.2) is 9.37 Å². The lowest BCUT2D eigenvalue weighted by atomic mass is 9.96. The van der Waals surface area contributed by atoms with Crippen molar-refractivity contribution in [1.29, 1.82) is 0 Å². The number of nitrogens with zero attached hydrogens (tertiary/aromatic N) is 3. The quantitative estimate of drug-likeness (QED) is 0.237. The van der Waals surface area contributed by atoms with Gasteiger partial charge in [0.15, 0.2) is 11.6 Å². The molecule has 1 amide bonds. The molecule has 5 rings (SSSR count). The highest BCUT2D eigenvalue weighted by Crippen LogP contribution is 2.35. The van der Waals surface area contributed by atoms with E-state index in [1.807, 2.05) is 24.0 Å². The van der Waals surface area contributed by atoms with Crippen LogP contribution in [0.1, 0.15) is 24.6 Å². The Kier molecular flexibility index (Phi) is 7.52. The number of nitrogens with one attached hydrogen (secondary N) is 3. The van der Waals surface area contributed by atoms with E-state index in [9.17, 15) is 9.90 Å². The number of hydrogen-bond donors (Lipinski definition) is 4. The van der Waals surface area contributed by atoms with Crippen molar-refractivity contribution in [3.05, 3.63) is 59.7 Å². The topological polar surface area (TPSA) is 119 Å². The molecular weight excluding hydrogens is 487 g/mol. The van der Waals surface area contributed by atoms with Gasteiger partial charge in [0, 0.05) is 50.7 Å². The van der Waals surface area contributed by atoms with E-state index in [4.69, 9.17) is 4.74 Å². The van der Waals surface area contributed by atoms with Crippen LogP contribution in [-0.4, -0.2) is 76.0 Å². The van der Waals surface area contributed by atoms with Crippen LogP contribution >= 0.6 is 0 Å². The number of carbonyl (C=O) groups is 1. The van der Waals surface area contributed by atoms with Crippen LogP contribution in [0.3, 0.4) is 0 Å². The van der Waals surface area contributed by atoms with Crippen LogP contribution in [0.25, 0.3) is 39.1 Å². The van der Waals surface area contributed by atoms with Gasteiger partial charge in [0.1, 0.15) is 17.0 Å². The standard InChI is InChI=1S/C28H31FN6O3/c1-3-17-14-19(36)4-5-20(17)21-6-7-22-26(25(21)29)33-34-27(22)28-31-15-23(32-28)18-9-12-35(16-18)24(37)8-10-30-11-13-38-2/h4-7,9,14-15,30,36H,3,8,10-13,16H2,1-2H3,(H,31,32)(H,33,34). The third-order valence-electron chi connectivity index (χ3n) is 6.85. The first kappa shape index (κ1) is 25.6. The second kappa shape index (κ2) is 11.2. The molecule has 1 aliphatic heterocycles. The van der Waals surface area contributed by atoms with E-state index in [1.54, 1.807) is 37.6 Å². The van der Waals surface area contributed by atoms with E-state index >= 15 is 4.39 Å². The molecular formula is C28H31FN6O3. The lowest BCUT2D eigenvalue weighted by Crippen LogP contribution is -2.32. The molecule has 2 aromatic heterocycles. The molecule has 0 bridgehead atoms. The van der Waals surface area contributed by atoms with Gasteiger partial charge in [-0.1, -0.05) is 25.1 Å². The molecule has 9 nitrogen and oxygen atoms in total. The number of benzene rings is 2. The van der Waals surface area contributed by atoms with Crippen molar-refractivity contribution >= 4 is 22.4 Å².